The zero-order chi connectivity index (χ0) is 33.8. The Morgan fingerprint density at radius 3 is 1.26 bits per heavy atom. The van der Waals surface area contributed by atoms with Crippen molar-refractivity contribution in [2.75, 3.05) is 0 Å². The Labute approximate surface area is 282 Å². The Morgan fingerprint density at radius 2 is 0.872 bits per heavy atom. The van der Waals surface area contributed by atoms with Gasteiger partial charge in [-0.1, -0.05) is 91.8 Å². The summed E-state index contributed by atoms with van der Waals surface area (Å²) >= 11 is 0. The zero-order valence-electron chi connectivity index (χ0n) is 29.5. The molecule has 0 amide bonds. The van der Waals surface area contributed by atoms with Gasteiger partial charge in [-0.3, -0.25) is 0 Å². The van der Waals surface area contributed by atoms with Crippen molar-refractivity contribution in [3.63, 3.8) is 0 Å². The Balaban J connectivity index is 1.52. The molecule has 0 bridgehead atoms. The van der Waals surface area contributed by atoms with Crippen LogP contribution in [0.5, 0.6) is 11.5 Å². The first-order chi connectivity index (χ1) is 22.1. The average Bonchev–Trinajstić information content (AvgIpc) is 3.02. The molecule has 0 heterocycles. The molecule has 2 aliphatic rings. The highest BCUT2D eigenvalue weighted by Crippen LogP contribution is 2.51. The summed E-state index contributed by atoms with van der Waals surface area (Å²) in [6.45, 7) is 18.9. The summed E-state index contributed by atoms with van der Waals surface area (Å²) in [5.74, 6) is 1.69. The van der Waals surface area contributed by atoms with Crippen molar-refractivity contribution in [1.82, 2.24) is 0 Å². The largest absolute Gasteiger partial charge is 0.457 e. The Kier molecular flexibility index (Phi) is 8.13. The van der Waals surface area contributed by atoms with Gasteiger partial charge < -0.3 is 4.74 Å². The maximum absolute atomic E-state index is 9.92. The summed E-state index contributed by atoms with van der Waals surface area (Å²) in [4.78, 5) is 0. The van der Waals surface area contributed by atoms with E-state index in [4.69, 9.17) is 4.74 Å². The minimum Gasteiger partial charge on any atom is -0.457 e. The summed E-state index contributed by atoms with van der Waals surface area (Å²) in [7, 11) is 0. The van der Waals surface area contributed by atoms with Crippen LogP contribution in [-0.2, 0) is 34.5 Å². The van der Waals surface area contributed by atoms with E-state index in [1.807, 2.05) is 36.4 Å². The number of hydrogen-bond acceptors (Lipinski definition) is 3. The standard InChI is InChI=1S/C44H48N2O/c1-41(2)17-19-43(5,6)39-33(21-29-13-9-11-15-31(29)27-45)23-35(25-37(39)41)47-36-24-34(22-30-14-10-12-16-32(30)28-46)40-38(26-36)42(3,4)18-20-44(40,7)8/h9-16,23-26H,17-22H2,1-8H3. The predicted octanol–water partition coefficient (Wildman–Crippen LogP) is 11.1. The maximum atomic E-state index is 9.92. The van der Waals surface area contributed by atoms with E-state index in [1.54, 1.807) is 0 Å². The number of hydrogen-bond donors (Lipinski definition) is 0. The van der Waals surface area contributed by atoms with Gasteiger partial charge in [-0.2, -0.15) is 10.5 Å². The number of ether oxygens (including phenoxy) is 1. The molecule has 3 nitrogen and oxygen atoms in total. The molecule has 0 saturated carbocycles. The minimum atomic E-state index is 0.00174. The second-order valence-corrected chi connectivity index (χ2v) is 16.5. The van der Waals surface area contributed by atoms with Gasteiger partial charge in [-0.25, -0.2) is 0 Å². The lowest BCUT2D eigenvalue weighted by atomic mass is 9.61. The van der Waals surface area contributed by atoms with Gasteiger partial charge in [0.15, 0.2) is 0 Å². The SMILES string of the molecule is CC1(C)CCC(C)(C)c2c(Cc3ccccc3C#N)cc(Oc3cc(Cc4ccccc4C#N)c4c(c3)C(C)(C)CCC4(C)C)cc21. The first-order valence-corrected chi connectivity index (χ1v) is 17.1. The van der Waals surface area contributed by atoms with Gasteiger partial charge in [-0.05, 0) is 141 Å². The second-order valence-electron chi connectivity index (χ2n) is 16.5. The lowest BCUT2D eigenvalue weighted by molar-refractivity contribution is 0.326. The molecule has 4 aromatic rings. The first kappa shape index (κ1) is 32.6. The summed E-state index contributed by atoms with van der Waals surface area (Å²) in [6.07, 6.45) is 5.81. The molecule has 0 fully saturated rings. The van der Waals surface area contributed by atoms with Crippen molar-refractivity contribution < 1.29 is 4.74 Å². The van der Waals surface area contributed by atoms with Gasteiger partial charge in [0.25, 0.3) is 0 Å². The van der Waals surface area contributed by atoms with Crippen molar-refractivity contribution >= 4 is 0 Å². The molecule has 2 aliphatic carbocycles. The van der Waals surface area contributed by atoms with Crippen LogP contribution < -0.4 is 4.74 Å². The summed E-state index contributed by atoms with van der Waals surface area (Å²) in [5, 5.41) is 19.8. The van der Waals surface area contributed by atoms with Crippen LogP contribution in [0.15, 0.2) is 72.8 Å². The smallest absolute Gasteiger partial charge is 0.128 e. The molecule has 3 heteroatoms. The highest BCUT2D eigenvalue weighted by molar-refractivity contribution is 5.57. The fourth-order valence-electron chi connectivity index (χ4n) is 8.29. The van der Waals surface area contributed by atoms with Gasteiger partial charge in [0, 0.05) is 0 Å². The van der Waals surface area contributed by atoms with Gasteiger partial charge in [0.2, 0.25) is 0 Å². The topological polar surface area (TPSA) is 56.8 Å². The zero-order valence-corrected chi connectivity index (χ0v) is 29.5. The van der Waals surface area contributed by atoms with Crippen LogP contribution in [-0.4, -0.2) is 0 Å². The molecule has 0 spiro atoms. The van der Waals surface area contributed by atoms with E-state index in [-0.39, 0.29) is 21.7 Å². The minimum absolute atomic E-state index is 0.00174. The fourth-order valence-corrected chi connectivity index (χ4v) is 8.29. The van der Waals surface area contributed by atoms with Crippen molar-refractivity contribution in [3.8, 4) is 23.6 Å². The van der Waals surface area contributed by atoms with E-state index < -0.39 is 0 Å². The first-order valence-electron chi connectivity index (χ1n) is 17.1. The molecule has 0 atom stereocenters. The van der Waals surface area contributed by atoms with E-state index in [0.717, 1.165) is 59.4 Å². The van der Waals surface area contributed by atoms with Crippen LogP contribution >= 0.6 is 0 Å². The van der Waals surface area contributed by atoms with Crippen LogP contribution in [0, 0.1) is 22.7 Å². The summed E-state index contributed by atoms with van der Waals surface area (Å²) in [5.41, 5.74) is 11.5. The Morgan fingerprint density at radius 1 is 0.511 bits per heavy atom. The van der Waals surface area contributed by atoms with Crippen molar-refractivity contribution in [3.05, 3.63) is 128 Å². The van der Waals surface area contributed by atoms with E-state index in [0.29, 0.717) is 12.8 Å². The quantitative estimate of drug-likeness (QED) is 0.215. The average molecular weight is 621 g/mol. The molecule has 0 radical (unpaired) electrons. The highest BCUT2D eigenvalue weighted by atomic mass is 16.5. The number of benzene rings is 4. The molecule has 0 aliphatic heterocycles. The third kappa shape index (κ3) is 6.10. The van der Waals surface area contributed by atoms with Crippen LogP contribution in [0.2, 0.25) is 0 Å². The molecule has 240 valence electrons. The van der Waals surface area contributed by atoms with E-state index in [2.05, 4.69) is 104 Å². The van der Waals surface area contributed by atoms with Gasteiger partial charge >= 0.3 is 0 Å². The number of nitrogens with zero attached hydrogens (tertiary/aromatic N) is 2. The molecular weight excluding hydrogens is 572 g/mol. The molecular formula is C44H48N2O. The fraction of sp³-hybridized carbons (Fsp3) is 0.409. The highest BCUT2D eigenvalue weighted by Gasteiger charge is 2.41. The van der Waals surface area contributed by atoms with E-state index >= 15 is 0 Å². The third-order valence-electron chi connectivity index (χ3n) is 11.2. The van der Waals surface area contributed by atoms with Crippen LogP contribution in [0.4, 0.5) is 0 Å². The van der Waals surface area contributed by atoms with Crippen molar-refractivity contribution in [2.45, 2.75) is 116 Å². The number of nitriles is 2. The van der Waals surface area contributed by atoms with E-state index in [9.17, 15) is 10.5 Å². The molecule has 0 saturated heterocycles. The van der Waals surface area contributed by atoms with Gasteiger partial charge in [-0.15, -0.1) is 0 Å². The van der Waals surface area contributed by atoms with Crippen molar-refractivity contribution in [2.24, 2.45) is 0 Å². The molecule has 0 aromatic heterocycles. The number of rotatable bonds is 6. The van der Waals surface area contributed by atoms with Crippen LogP contribution in [0.1, 0.15) is 137 Å². The Bertz CT molecular complexity index is 1800. The van der Waals surface area contributed by atoms with Gasteiger partial charge in [0.1, 0.15) is 11.5 Å². The Hall–Kier alpha value is -4.34. The third-order valence-corrected chi connectivity index (χ3v) is 11.2. The summed E-state index contributed by atoms with van der Waals surface area (Å²) in [6, 6.07) is 29.8. The molecule has 0 N–H and O–H groups in total. The van der Waals surface area contributed by atoms with Crippen LogP contribution in [0.3, 0.4) is 0 Å². The van der Waals surface area contributed by atoms with E-state index in [1.165, 1.54) is 33.4 Å². The normalized spacial score (nSPS) is 18.3. The summed E-state index contributed by atoms with van der Waals surface area (Å²) < 4.78 is 6.97. The molecule has 6 rings (SSSR count). The second kappa shape index (κ2) is 11.7. The monoisotopic (exact) mass is 620 g/mol. The molecule has 0 unspecified atom stereocenters. The molecule has 47 heavy (non-hydrogen) atoms. The lowest BCUT2D eigenvalue weighted by Gasteiger charge is -2.44. The predicted molar refractivity (Wildman–Crippen MR) is 191 cm³/mol. The van der Waals surface area contributed by atoms with Gasteiger partial charge in [0.05, 0.1) is 23.3 Å². The lowest BCUT2D eigenvalue weighted by Crippen LogP contribution is -2.35. The number of fused-ring (bicyclic) bond motifs is 2. The van der Waals surface area contributed by atoms with Crippen molar-refractivity contribution in [1.29, 1.82) is 10.5 Å². The van der Waals surface area contributed by atoms with Crippen LogP contribution in [0.25, 0.3) is 0 Å². The maximum Gasteiger partial charge on any atom is 0.128 e. The molecule has 4 aromatic carbocycles.